The Balaban J connectivity index is 1.55. The van der Waals surface area contributed by atoms with Crippen molar-refractivity contribution in [3.63, 3.8) is 0 Å². The number of cyclic esters (lactones) is 2. The van der Waals surface area contributed by atoms with Gasteiger partial charge in [0.05, 0.1) is 6.04 Å². The number of rotatable bonds is 2. The summed E-state index contributed by atoms with van der Waals surface area (Å²) in [5.74, 6) is -1.85. The van der Waals surface area contributed by atoms with Crippen molar-refractivity contribution in [1.29, 1.82) is 0 Å². The fraction of sp³-hybridized carbons (Fsp3) is 0.440. The first-order valence-corrected chi connectivity index (χ1v) is 11.2. The Morgan fingerprint density at radius 2 is 1.77 bits per heavy atom. The summed E-state index contributed by atoms with van der Waals surface area (Å²) >= 11 is 6.31. The zero-order chi connectivity index (χ0) is 21.8. The van der Waals surface area contributed by atoms with E-state index in [1.807, 2.05) is 30.3 Å². The first kappa shape index (κ1) is 20.4. The van der Waals surface area contributed by atoms with E-state index in [-0.39, 0.29) is 12.5 Å². The van der Waals surface area contributed by atoms with Crippen LogP contribution in [0.5, 0.6) is 0 Å². The lowest BCUT2D eigenvalue weighted by molar-refractivity contribution is -0.253. The largest absolute Gasteiger partial charge is 0.422 e. The second kappa shape index (κ2) is 7.27. The Bertz CT molecular complexity index is 1020. The van der Waals surface area contributed by atoms with Crippen LogP contribution < -0.4 is 4.90 Å². The lowest BCUT2D eigenvalue weighted by atomic mass is 9.65. The molecule has 31 heavy (non-hydrogen) atoms. The van der Waals surface area contributed by atoms with Gasteiger partial charge in [0.15, 0.2) is 5.41 Å². The van der Waals surface area contributed by atoms with Gasteiger partial charge in [-0.25, -0.2) is 0 Å². The summed E-state index contributed by atoms with van der Waals surface area (Å²) in [6.07, 6.45) is 2.88. The number of carbonyl (C=O) groups is 2. The molecule has 162 valence electrons. The second-order valence-corrected chi connectivity index (χ2v) is 9.83. The molecule has 2 saturated heterocycles. The summed E-state index contributed by atoms with van der Waals surface area (Å²) in [4.78, 5) is 29.0. The highest BCUT2D eigenvalue weighted by atomic mass is 35.5. The number of carbonyl (C=O) groups excluding carboxylic acids is 2. The van der Waals surface area contributed by atoms with Gasteiger partial charge in [-0.2, -0.15) is 0 Å². The molecule has 1 spiro atoms. The number of hydrogen-bond acceptors (Lipinski definition) is 5. The minimum absolute atomic E-state index is 0.270. The lowest BCUT2D eigenvalue weighted by Gasteiger charge is -2.54. The third-order valence-corrected chi connectivity index (χ3v) is 7.11. The molecule has 5 rings (SSSR count). The van der Waals surface area contributed by atoms with E-state index >= 15 is 0 Å². The van der Waals surface area contributed by atoms with E-state index in [0.29, 0.717) is 17.4 Å². The first-order valence-electron chi connectivity index (χ1n) is 10.8. The molecule has 2 atom stereocenters. The van der Waals surface area contributed by atoms with Crippen LogP contribution in [0.1, 0.15) is 37.8 Å². The van der Waals surface area contributed by atoms with E-state index < -0.39 is 23.1 Å². The highest BCUT2D eigenvalue weighted by molar-refractivity contribution is 6.30. The molecule has 0 radical (unpaired) electrons. The van der Waals surface area contributed by atoms with E-state index in [2.05, 4.69) is 17.0 Å². The van der Waals surface area contributed by atoms with E-state index in [4.69, 9.17) is 21.1 Å². The van der Waals surface area contributed by atoms with Crippen LogP contribution >= 0.6 is 11.6 Å². The molecule has 2 fully saturated rings. The Labute approximate surface area is 187 Å². The van der Waals surface area contributed by atoms with E-state index in [9.17, 15) is 9.59 Å². The standard InChI is InChI=1S/C25H26ClNO4/c1-24(2)30-22(28)25(23(29)31-24)15-18-8-9-19(26)14-20(18)27-11-10-17(13-21(25)27)12-16-6-4-3-5-7-16/h3-9,14,17,21H,10-13,15H2,1-2H3/t17-,21-/m1/s1. The maximum atomic E-state index is 13.4. The number of esters is 2. The van der Waals surface area contributed by atoms with Crippen molar-refractivity contribution in [2.24, 2.45) is 11.3 Å². The molecular weight excluding hydrogens is 414 g/mol. The Hall–Kier alpha value is -2.53. The fourth-order valence-electron chi connectivity index (χ4n) is 5.45. The zero-order valence-corrected chi connectivity index (χ0v) is 18.5. The highest BCUT2D eigenvalue weighted by Crippen LogP contribution is 2.51. The van der Waals surface area contributed by atoms with E-state index in [1.165, 1.54) is 5.56 Å². The molecule has 0 unspecified atom stereocenters. The molecule has 0 bridgehead atoms. The minimum Gasteiger partial charge on any atom is -0.422 e. The smallest absolute Gasteiger partial charge is 0.329 e. The summed E-state index contributed by atoms with van der Waals surface area (Å²) in [5.41, 5.74) is 1.85. The molecule has 0 N–H and O–H groups in total. The van der Waals surface area contributed by atoms with Gasteiger partial charge in [-0.05, 0) is 48.4 Å². The number of fused-ring (bicyclic) bond motifs is 4. The minimum atomic E-state index is -1.36. The molecule has 0 saturated carbocycles. The number of piperidine rings is 1. The van der Waals surface area contributed by atoms with Crippen molar-refractivity contribution in [2.75, 3.05) is 11.4 Å². The van der Waals surface area contributed by atoms with Crippen LogP contribution in [0, 0.1) is 11.3 Å². The molecule has 0 aromatic heterocycles. The molecule has 3 aliphatic heterocycles. The first-order chi connectivity index (χ1) is 14.8. The fourth-order valence-corrected chi connectivity index (χ4v) is 5.61. The van der Waals surface area contributed by atoms with Crippen molar-refractivity contribution in [3.8, 4) is 0 Å². The second-order valence-electron chi connectivity index (χ2n) is 9.39. The Kier molecular flexibility index (Phi) is 4.78. The van der Waals surface area contributed by atoms with Crippen molar-refractivity contribution in [1.82, 2.24) is 0 Å². The number of halogens is 1. The van der Waals surface area contributed by atoms with Gasteiger partial charge >= 0.3 is 11.9 Å². The maximum absolute atomic E-state index is 13.4. The SMILES string of the molecule is CC1(C)OC(=O)C2(Cc3ccc(Cl)cc3N3CC[C@H](Cc4ccccc4)C[C@@H]32)C(=O)O1. The summed E-state index contributed by atoms with van der Waals surface area (Å²) < 4.78 is 11.3. The van der Waals surface area contributed by atoms with Gasteiger partial charge in [-0.3, -0.25) is 9.59 Å². The van der Waals surface area contributed by atoms with Gasteiger partial charge in [0.25, 0.3) is 5.79 Å². The Morgan fingerprint density at radius 3 is 2.48 bits per heavy atom. The average Bonchev–Trinajstić information content (AvgIpc) is 2.72. The van der Waals surface area contributed by atoms with Crippen LogP contribution in [-0.2, 0) is 31.9 Å². The molecule has 5 nitrogen and oxygen atoms in total. The highest BCUT2D eigenvalue weighted by Gasteiger charge is 2.64. The van der Waals surface area contributed by atoms with Crippen LogP contribution in [0.3, 0.4) is 0 Å². The van der Waals surface area contributed by atoms with Gasteiger partial charge in [-0.15, -0.1) is 0 Å². The molecular formula is C25H26ClNO4. The molecule has 3 aliphatic rings. The van der Waals surface area contributed by atoms with Crippen molar-refractivity contribution in [3.05, 3.63) is 64.7 Å². The molecule has 6 heteroatoms. The summed E-state index contributed by atoms with van der Waals surface area (Å²) in [7, 11) is 0. The predicted molar refractivity (Wildman–Crippen MR) is 118 cm³/mol. The molecule has 0 aliphatic carbocycles. The summed E-state index contributed by atoms with van der Waals surface area (Å²) in [5, 5.41) is 0.648. The van der Waals surface area contributed by atoms with Crippen LogP contribution in [-0.4, -0.2) is 30.3 Å². The van der Waals surface area contributed by atoms with Gasteiger partial charge in [0.1, 0.15) is 0 Å². The normalized spacial score (nSPS) is 26.0. The summed E-state index contributed by atoms with van der Waals surface area (Å²) in [6.45, 7) is 3.95. The quantitative estimate of drug-likeness (QED) is 0.507. The topological polar surface area (TPSA) is 55.8 Å². The van der Waals surface area contributed by atoms with E-state index in [0.717, 1.165) is 30.6 Å². The van der Waals surface area contributed by atoms with Crippen LogP contribution in [0.4, 0.5) is 5.69 Å². The zero-order valence-electron chi connectivity index (χ0n) is 17.8. The van der Waals surface area contributed by atoms with Crippen molar-refractivity contribution in [2.45, 2.75) is 51.4 Å². The van der Waals surface area contributed by atoms with Crippen LogP contribution in [0.15, 0.2) is 48.5 Å². The molecule has 2 aromatic rings. The molecule has 0 amide bonds. The van der Waals surface area contributed by atoms with Gasteiger partial charge in [0.2, 0.25) is 0 Å². The summed E-state index contributed by atoms with van der Waals surface area (Å²) in [6, 6.07) is 15.7. The molecule has 3 heterocycles. The van der Waals surface area contributed by atoms with Gasteiger partial charge in [-0.1, -0.05) is 48.0 Å². The maximum Gasteiger partial charge on any atom is 0.329 e. The van der Waals surface area contributed by atoms with Crippen molar-refractivity contribution < 1.29 is 19.1 Å². The third-order valence-electron chi connectivity index (χ3n) is 6.88. The number of hydrogen-bond donors (Lipinski definition) is 0. The number of benzene rings is 2. The van der Waals surface area contributed by atoms with E-state index in [1.54, 1.807) is 19.9 Å². The molecule has 2 aromatic carbocycles. The van der Waals surface area contributed by atoms with Crippen molar-refractivity contribution >= 4 is 29.2 Å². The number of ether oxygens (including phenoxy) is 2. The average molecular weight is 440 g/mol. The predicted octanol–water partition coefficient (Wildman–Crippen LogP) is 4.55. The number of anilines is 1. The van der Waals surface area contributed by atoms with Gasteiger partial charge in [0, 0.05) is 37.5 Å². The third kappa shape index (κ3) is 3.39. The lowest BCUT2D eigenvalue weighted by Crippen LogP contribution is -2.67. The van der Waals surface area contributed by atoms with Gasteiger partial charge < -0.3 is 14.4 Å². The monoisotopic (exact) mass is 439 g/mol. The number of nitrogens with zero attached hydrogens (tertiary/aromatic N) is 1. The van der Waals surface area contributed by atoms with Crippen LogP contribution in [0.25, 0.3) is 0 Å². The van der Waals surface area contributed by atoms with Crippen LogP contribution in [0.2, 0.25) is 5.02 Å². The Morgan fingerprint density at radius 1 is 1.06 bits per heavy atom.